The molecule has 1 aromatic heterocycles. The maximum Gasteiger partial charge on any atom is 0.271 e. The molecular formula is C21H25N3O2. The molecule has 5 heteroatoms. The molecule has 2 aliphatic heterocycles. The molecule has 2 atom stereocenters. The van der Waals surface area contributed by atoms with Crippen LogP contribution in [0.2, 0.25) is 0 Å². The highest BCUT2D eigenvalue weighted by Crippen LogP contribution is 2.35. The van der Waals surface area contributed by atoms with Crippen LogP contribution in [0.4, 0.5) is 0 Å². The van der Waals surface area contributed by atoms with Crippen LogP contribution in [0.15, 0.2) is 48.7 Å². The lowest BCUT2D eigenvalue weighted by atomic mass is 10.0. The first-order chi connectivity index (χ1) is 12.5. The van der Waals surface area contributed by atoms with Gasteiger partial charge >= 0.3 is 0 Å². The van der Waals surface area contributed by atoms with Crippen molar-refractivity contribution >= 4 is 11.8 Å². The van der Waals surface area contributed by atoms with Crippen LogP contribution >= 0.6 is 0 Å². The predicted octanol–water partition coefficient (Wildman–Crippen LogP) is 2.94. The SMILES string of the molecule is CC(C)CC(=O)N1C[C@@H]2[C@@H](C1)n1cccc1C(=O)N2Cc1ccccc1. The number of hydrogen-bond acceptors (Lipinski definition) is 2. The molecule has 1 saturated heterocycles. The molecular weight excluding hydrogens is 326 g/mol. The van der Waals surface area contributed by atoms with Gasteiger partial charge in [-0.05, 0) is 23.6 Å². The molecule has 4 rings (SSSR count). The number of nitrogens with zero attached hydrogens (tertiary/aromatic N) is 3. The number of carbonyl (C=O) groups excluding carboxylic acids is 2. The number of amides is 2. The van der Waals surface area contributed by atoms with Crippen LogP contribution in [0.1, 0.15) is 42.4 Å². The lowest BCUT2D eigenvalue weighted by Crippen LogP contribution is -2.49. The first-order valence-corrected chi connectivity index (χ1v) is 9.34. The number of carbonyl (C=O) groups is 2. The Labute approximate surface area is 154 Å². The Hall–Kier alpha value is -2.56. The van der Waals surface area contributed by atoms with Crippen molar-refractivity contribution in [1.29, 1.82) is 0 Å². The van der Waals surface area contributed by atoms with Crippen molar-refractivity contribution in [2.24, 2.45) is 5.92 Å². The second kappa shape index (κ2) is 6.63. The van der Waals surface area contributed by atoms with Crippen molar-refractivity contribution in [3.05, 3.63) is 59.9 Å². The number of hydrogen-bond donors (Lipinski definition) is 0. The largest absolute Gasteiger partial charge is 0.338 e. The fourth-order valence-corrected chi connectivity index (χ4v) is 4.16. The maximum atomic E-state index is 13.1. The van der Waals surface area contributed by atoms with E-state index in [1.54, 1.807) is 0 Å². The molecule has 26 heavy (non-hydrogen) atoms. The van der Waals surface area contributed by atoms with Gasteiger partial charge in [-0.25, -0.2) is 0 Å². The molecule has 0 spiro atoms. The molecule has 0 N–H and O–H groups in total. The smallest absolute Gasteiger partial charge is 0.271 e. The molecule has 3 heterocycles. The van der Waals surface area contributed by atoms with E-state index >= 15 is 0 Å². The minimum Gasteiger partial charge on any atom is -0.338 e. The topological polar surface area (TPSA) is 45.6 Å². The number of rotatable bonds is 4. The second-order valence-electron chi connectivity index (χ2n) is 7.75. The monoisotopic (exact) mass is 351 g/mol. The predicted molar refractivity (Wildman–Crippen MR) is 99.6 cm³/mol. The highest BCUT2D eigenvalue weighted by molar-refractivity contribution is 5.94. The number of benzene rings is 1. The van der Waals surface area contributed by atoms with Gasteiger partial charge in [-0.15, -0.1) is 0 Å². The molecule has 0 bridgehead atoms. The average molecular weight is 351 g/mol. The molecule has 1 fully saturated rings. The van der Waals surface area contributed by atoms with E-state index in [1.807, 2.05) is 58.5 Å². The van der Waals surface area contributed by atoms with E-state index in [1.165, 1.54) is 0 Å². The minimum absolute atomic E-state index is 0.0266. The van der Waals surface area contributed by atoms with Gasteiger partial charge in [-0.1, -0.05) is 44.2 Å². The fourth-order valence-electron chi connectivity index (χ4n) is 4.16. The Bertz CT molecular complexity index is 812. The van der Waals surface area contributed by atoms with Crippen LogP contribution in [0.5, 0.6) is 0 Å². The van der Waals surface area contributed by atoms with E-state index in [-0.39, 0.29) is 23.9 Å². The summed E-state index contributed by atoms with van der Waals surface area (Å²) in [5.74, 6) is 0.586. The molecule has 0 aliphatic carbocycles. The lowest BCUT2D eigenvalue weighted by Gasteiger charge is -2.38. The molecule has 5 nitrogen and oxygen atoms in total. The molecule has 1 aromatic carbocycles. The molecule has 2 aromatic rings. The molecule has 136 valence electrons. The summed E-state index contributed by atoms with van der Waals surface area (Å²) in [6, 6.07) is 14.0. The Morgan fingerprint density at radius 2 is 1.81 bits per heavy atom. The van der Waals surface area contributed by atoms with Crippen LogP contribution in [0.3, 0.4) is 0 Å². The van der Waals surface area contributed by atoms with Gasteiger partial charge in [-0.3, -0.25) is 9.59 Å². The van der Waals surface area contributed by atoms with E-state index in [9.17, 15) is 9.59 Å². The highest BCUT2D eigenvalue weighted by atomic mass is 16.2. The average Bonchev–Trinajstić information content (AvgIpc) is 3.25. The molecule has 0 saturated carbocycles. The lowest BCUT2D eigenvalue weighted by molar-refractivity contribution is -0.131. The van der Waals surface area contributed by atoms with Crippen LogP contribution in [-0.2, 0) is 11.3 Å². The normalized spacial score (nSPS) is 21.9. The highest BCUT2D eigenvalue weighted by Gasteiger charge is 2.46. The van der Waals surface area contributed by atoms with Crippen LogP contribution in [0.25, 0.3) is 0 Å². The first kappa shape index (κ1) is 16.9. The molecule has 0 radical (unpaired) electrons. The van der Waals surface area contributed by atoms with Gasteiger partial charge in [0.2, 0.25) is 5.91 Å². The summed E-state index contributed by atoms with van der Waals surface area (Å²) in [6.45, 7) is 6.01. The van der Waals surface area contributed by atoms with Gasteiger partial charge in [0.25, 0.3) is 5.91 Å². The van der Waals surface area contributed by atoms with Gasteiger partial charge in [-0.2, -0.15) is 0 Å². The van der Waals surface area contributed by atoms with Gasteiger partial charge in [0.15, 0.2) is 0 Å². The summed E-state index contributed by atoms with van der Waals surface area (Å²) >= 11 is 0. The third-order valence-corrected chi connectivity index (χ3v) is 5.41. The zero-order valence-corrected chi connectivity index (χ0v) is 15.3. The number of fused-ring (bicyclic) bond motifs is 3. The van der Waals surface area contributed by atoms with E-state index in [4.69, 9.17) is 0 Å². The fraction of sp³-hybridized carbons (Fsp3) is 0.429. The van der Waals surface area contributed by atoms with Crippen LogP contribution in [0, 0.1) is 5.92 Å². The number of aromatic nitrogens is 1. The van der Waals surface area contributed by atoms with Gasteiger partial charge in [0, 0.05) is 32.3 Å². The molecule has 2 amide bonds. The summed E-state index contributed by atoms with van der Waals surface area (Å²) in [7, 11) is 0. The van der Waals surface area contributed by atoms with Gasteiger partial charge in [0.1, 0.15) is 5.69 Å². The maximum absolute atomic E-state index is 13.1. The quantitative estimate of drug-likeness (QED) is 0.850. The number of likely N-dealkylation sites (tertiary alicyclic amines) is 1. The standard InChI is InChI=1S/C21H25N3O2/c1-15(2)11-20(25)22-13-18-19(14-22)24(12-16-7-4-3-5-8-16)21(26)17-9-6-10-23(17)18/h3-10,15,18-19H,11-14H2,1-2H3/t18-,19-/m1/s1. The summed E-state index contributed by atoms with van der Waals surface area (Å²) in [6.07, 6.45) is 2.53. The first-order valence-electron chi connectivity index (χ1n) is 9.34. The molecule has 0 unspecified atom stereocenters. The van der Waals surface area contributed by atoms with E-state index < -0.39 is 0 Å². The zero-order valence-electron chi connectivity index (χ0n) is 15.3. The van der Waals surface area contributed by atoms with E-state index in [0.717, 1.165) is 11.3 Å². The Morgan fingerprint density at radius 3 is 2.54 bits per heavy atom. The minimum atomic E-state index is 0.0266. The zero-order chi connectivity index (χ0) is 18.3. The van der Waals surface area contributed by atoms with Crippen molar-refractivity contribution in [2.45, 2.75) is 38.9 Å². The van der Waals surface area contributed by atoms with Crippen LogP contribution in [-0.4, -0.2) is 45.3 Å². The molecule has 2 aliphatic rings. The summed E-state index contributed by atoms with van der Waals surface area (Å²) in [4.78, 5) is 29.6. The van der Waals surface area contributed by atoms with Crippen molar-refractivity contribution in [3.8, 4) is 0 Å². The van der Waals surface area contributed by atoms with E-state index in [0.29, 0.717) is 32.0 Å². The summed E-state index contributed by atoms with van der Waals surface area (Å²) < 4.78 is 2.07. The van der Waals surface area contributed by atoms with Crippen molar-refractivity contribution in [2.75, 3.05) is 13.1 Å². The Balaban J connectivity index is 1.63. The van der Waals surface area contributed by atoms with Crippen LogP contribution < -0.4 is 0 Å². The van der Waals surface area contributed by atoms with Gasteiger partial charge in [0.05, 0.1) is 12.1 Å². The van der Waals surface area contributed by atoms with E-state index in [2.05, 4.69) is 18.4 Å². The second-order valence-corrected chi connectivity index (χ2v) is 7.75. The Morgan fingerprint density at radius 1 is 1.08 bits per heavy atom. The third kappa shape index (κ3) is 2.91. The van der Waals surface area contributed by atoms with Gasteiger partial charge < -0.3 is 14.4 Å². The van der Waals surface area contributed by atoms with Crippen molar-refractivity contribution in [1.82, 2.24) is 14.4 Å². The Kier molecular flexibility index (Phi) is 4.31. The van der Waals surface area contributed by atoms with Crippen molar-refractivity contribution < 1.29 is 9.59 Å². The summed E-state index contributed by atoms with van der Waals surface area (Å²) in [5, 5.41) is 0. The third-order valence-electron chi connectivity index (χ3n) is 5.41. The summed E-state index contributed by atoms with van der Waals surface area (Å²) in [5.41, 5.74) is 1.84. The van der Waals surface area contributed by atoms with Crippen molar-refractivity contribution in [3.63, 3.8) is 0 Å².